The lowest BCUT2D eigenvalue weighted by Crippen LogP contribution is -2.51. The number of pyridine rings is 1. The molecule has 0 spiro atoms. The summed E-state index contributed by atoms with van der Waals surface area (Å²) >= 11 is 0. The Hall–Kier alpha value is -6.64. The van der Waals surface area contributed by atoms with E-state index in [9.17, 15) is 32.0 Å². The van der Waals surface area contributed by atoms with Gasteiger partial charge in [0.2, 0.25) is 11.7 Å². The molecule has 0 radical (unpaired) electrons. The Morgan fingerprint density at radius 1 is 0.824 bits per heavy atom. The van der Waals surface area contributed by atoms with Gasteiger partial charge in [0.15, 0.2) is 5.82 Å². The van der Waals surface area contributed by atoms with Gasteiger partial charge in [0.25, 0.3) is 11.8 Å². The maximum absolute atomic E-state index is 15.8. The molecule has 15 nitrogen and oxygen atoms in total. The number of carbonyl (C=O) groups is 4. The van der Waals surface area contributed by atoms with Gasteiger partial charge < -0.3 is 20.1 Å². The average molecular weight is 954 g/mol. The van der Waals surface area contributed by atoms with Crippen LogP contribution in [0.1, 0.15) is 68.7 Å². The number of carbonyl (C=O) groups excluding carboxylic acids is 4. The van der Waals surface area contributed by atoms with Crippen LogP contribution >= 0.6 is 0 Å². The zero-order valence-electron chi connectivity index (χ0n) is 36.7. The number of aromatic amines is 1. The Labute approximate surface area is 388 Å². The SMILES string of the molecule is C=C1CCC(N2C(=O)c3cc(F)c(N4CCC(CN5CCN(c6ccc(-c7cnc8[nH]cc(C(=O)c9c(F)ccc(NS(=O)(=O)N%10CC[C@@H](F)C%10)c9F)c8c7)cc6)CC5)CC4)cc3C2=O)C(=O)N1. The van der Waals surface area contributed by atoms with E-state index in [0.29, 0.717) is 47.7 Å². The number of aromatic nitrogens is 2. The standard InChI is InChI=1S/C48H47F4N9O6S/c1-27-2-9-40(46(63)55-27)61-47(64)34-21-38(51)41(22-35(34)48(61)65)59-13-10-28(11-14-59)25-57-16-18-58(19-17-57)32-5-3-29(4-6-32)30-20-33-36(24-54-45(33)53-23-30)44(62)42-37(50)7-8-39(43(42)52)56-68(66,67)60-15-12-31(49)26-60/h3-8,20-24,28,31,40,56H,1-2,9-19,25-26H2,(H,53,54)(H,55,63)/t31-,40?/m1/s1. The zero-order valence-corrected chi connectivity index (χ0v) is 37.6. The Bertz CT molecular complexity index is 3010. The van der Waals surface area contributed by atoms with Crippen LogP contribution < -0.4 is 19.8 Å². The lowest BCUT2D eigenvalue weighted by molar-refractivity contribution is -0.125. The summed E-state index contributed by atoms with van der Waals surface area (Å²) in [6.07, 6.45) is 3.92. The van der Waals surface area contributed by atoms with Crippen molar-refractivity contribution < 1.29 is 45.2 Å². The molecule has 20 heteroatoms. The van der Waals surface area contributed by atoms with Gasteiger partial charge in [-0.2, -0.15) is 12.7 Å². The zero-order chi connectivity index (χ0) is 47.6. The van der Waals surface area contributed by atoms with Gasteiger partial charge in [0.05, 0.1) is 28.1 Å². The number of piperazine rings is 1. The second-order valence-corrected chi connectivity index (χ2v) is 19.7. The fourth-order valence-corrected chi connectivity index (χ4v) is 11.3. The molecule has 0 saturated carbocycles. The summed E-state index contributed by atoms with van der Waals surface area (Å²) in [5.74, 6) is -5.51. The van der Waals surface area contributed by atoms with Gasteiger partial charge in [-0.25, -0.2) is 22.5 Å². The van der Waals surface area contributed by atoms with Gasteiger partial charge in [0.1, 0.15) is 29.5 Å². The first-order chi connectivity index (χ1) is 32.6. The van der Waals surface area contributed by atoms with Crippen molar-refractivity contribution in [1.82, 2.24) is 29.4 Å². The van der Waals surface area contributed by atoms with Crippen LogP contribution in [0.3, 0.4) is 0 Å². The normalized spacial score (nSPS) is 21.0. The van der Waals surface area contributed by atoms with Crippen LogP contribution in [0.5, 0.6) is 0 Å². The molecule has 68 heavy (non-hydrogen) atoms. The van der Waals surface area contributed by atoms with E-state index in [1.165, 1.54) is 12.3 Å². The average Bonchev–Trinajstić information content (AvgIpc) is 4.03. The third-order valence-corrected chi connectivity index (χ3v) is 15.3. The van der Waals surface area contributed by atoms with E-state index >= 15 is 13.2 Å². The molecule has 4 fully saturated rings. The highest BCUT2D eigenvalue weighted by molar-refractivity contribution is 7.90. The minimum atomic E-state index is -4.37. The molecule has 0 bridgehead atoms. The highest BCUT2D eigenvalue weighted by atomic mass is 32.2. The fraction of sp³-hybridized carbons (Fsp3) is 0.354. The molecule has 5 aliphatic rings. The lowest BCUT2D eigenvalue weighted by atomic mass is 9.95. The molecular weight excluding hydrogens is 907 g/mol. The number of hydrogen-bond donors (Lipinski definition) is 3. The molecule has 354 valence electrons. The topological polar surface area (TPSA) is 171 Å². The van der Waals surface area contributed by atoms with Gasteiger partial charge in [-0.3, -0.25) is 33.7 Å². The number of halogens is 4. The quantitative estimate of drug-likeness (QED) is 0.0810. The smallest absolute Gasteiger partial charge is 0.301 e. The number of nitrogens with zero attached hydrogens (tertiary/aromatic N) is 6. The molecule has 2 aromatic heterocycles. The van der Waals surface area contributed by atoms with E-state index in [-0.39, 0.29) is 41.8 Å². The van der Waals surface area contributed by atoms with Crippen LogP contribution in [-0.4, -0.2) is 127 Å². The van der Waals surface area contributed by atoms with Gasteiger partial charge in [-0.15, -0.1) is 0 Å². The molecule has 7 heterocycles. The molecule has 0 aliphatic carbocycles. The second kappa shape index (κ2) is 17.8. The molecule has 4 saturated heterocycles. The third kappa shape index (κ3) is 8.38. The van der Waals surface area contributed by atoms with Crippen LogP contribution in [0.25, 0.3) is 22.2 Å². The number of amides is 3. The largest absolute Gasteiger partial charge is 0.369 e. The highest BCUT2D eigenvalue weighted by Crippen LogP contribution is 2.36. The molecule has 5 aromatic rings. The molecule has 10 rings (SSSR count). The van der Waals surface area contributed by atoms with Crippen molar-refractivity contribution in [2.45, 2.75) is 44.3 Å². The van der Waals surface area contributed by atoms with Crippen molar-refractivity contribution in [2.75, 3.05) is 73.4 Å². The fourth-order valence-electron chi connectivity index (χ4n) is 10.0. The first-order valence-electron chi connectivity index (χ1n) is 22.6. The molecular formula is C48H47F4N9O6S. The molecule has 5 aliphatic heterocycles. The summed E-state index contributed by atoms with van der Waals surface area (Å²) in [5.41, 5.74) is 2.01. The van der Waals surface area contributed by atoms with E-state index in [2.05, 4.69) is 31.7 Å². The second-order valence-electron chi connectivity index (χ2n) is 18.0. The highest BCUT2D eigenvalue weighted by Gasteiger charge is 2.45. The van der Waals surface area contributed by atoms with E-state index in [1.807, 2.05) is 33.9 Å². The van der Waals surface area contributed by atoms with Gasteiger partial charge in [-0.05, 0) is 86.1 Å². The Morgan fingerprint density at radius 3 is 2.24 bits per heavy atom. The number of benzene rings is 3. The number of H-pyrrole nitrogens is 1. The number of nitrogens with one attached hydrogen (secondary N) is 3. The number of allylic oxidation sites excluding steroid dienone is 1. The summed E-state index contributed by atoms with van der Waals surface area (Å²) < 4.78 is 88.7. The molecule has 3 aromatic carbocycles. The third-order valence-electron chi connectivity index (χ3n) is 13.8. The first kappa shape index (κ1) is 45.2. The van der Waals surface area contributed by atoms with Crippen molar-refractivity contribution in [3.05, 3.63) is 119 Å². The Morgan fingerprint density at radius 2 is 1.54 bits per heavy atom. The van der Waals surface area contributed by atoms with Crippen LogP contribution in [-0.2, 0) is 15.0 Å². The Kier molecular flexibility index (Phi) is 11.8. The van der Waals surface area contributed by atoms with E-state index in [1.54, 1.807) is 12.3 Å². The Balaban J connectivity index is 0.740. The van der Waals surface area contributed by atoms with Crippen LogP contribution in [0.2, 0.25) is 0 Å². The number of hydrogen-bond acceptors (Lipinski definition) is 10. The van der Waals surface area contributed by atoms with Crippen LogP contribution in [0.4, 0.5) is 34.6 Å². The van der Waals surface area contributed by atoms with Gasteiger partial charge >= 0.3 is 10.2 Å². The maximum Gasteiger partial charge on any atom is 0.301 e. The predicted molar refractivity (Wildman–Crippen MR) is 246 cm³/mol. The summed E-state index contributed by atoms with van der Waals surface area (Å²) in [6, 6.07) is 12.9. The lowest BCUT2D eigenvalue weighted by Gasteiger charge is -2.40. The van der Waals surface area contributed by atoms with Crippen LogP contribution in [0.15, 0.2) is 79.3 Å². The van der Waals surface area contributed by atoms with E-state index in [4.69, 9.17) is 0 Å². The number of ketones is 1. The molecule has 3 amide bonds. The molecule has 3 N–H and O–H groups in total. The number of alkyl halides is 1. The summed E-state index contributed by atoms with van der Waals surface area (Å²) in [5, 5.41) is 2.92. The first-order valence-corrected chi connectivity index (χ1v) is 24.0. The van der Waals surface area contributed by atoms with Crippen molar-refractivity contribution in [1.29, 1.82) is 0 Å². The number of imide groups is 1. The minimum absolute atomic E-state index is 0.00669. The van der Waals surface area contributed by atoms with Crippen molar-refractivity contribution >= 4 is 61.8 Å². The summed E-state index contributed by atoms with van der Waals surface area (Å²) in [6.45, 7) is 8.63. The van der Waals surface area contributed by atoms with Crippen molar-refractivity contribution in [3.8, 4) is 11.1 Å². The van der Waals surface area contributed by atoms with Crippen molar-refractivity contribution in [2.24, 2.45) is 5.92 Å². The van der Waals surface area contributed by atoms with Crippen LogP contribution in [0, 0.1) is 23.4 Å². The molecule has 1 unspecified atom stereocenters. The van der Waals surface area contributed by atoms with E-state index in [0.717, 1.165) is 84.2 Å². The minimum Gasteiger partial charge on any atom is -0.369 e. The monoisotopic (exact) mass is 953 g/mol. The maximum atomic E-state index is 15.8. The number of piperidine rings is 2. The van der Waals surface area contributed by atoms with Gasteiger partial charge in [-0.1, -0.05) is 18.7 Å². The van der Waals surface area contributed by atoms with E-state index < -0.39 is 81.2 Å². The van der Waals surface area contributed by atoms with Crippen molar-refractivity contribution in [3.63, 3.8) is 0 Å². The number of anilines is 3. The molecule has 2 atom stereocenters. The number of rotatable bonds is 11. The number of fused-ring (bicyclic) bond motifs is 2. The summed E-state index contributed by atoms with van der Waals surface area (Å²) in [4.78, 5) is 67.9. The van der Waals surface area contributed by atoms with Gasteiger partial charge in [0, 0.05) is 99.2 Å². The predicted octanol–water partition coefficient (Wildman–Crippen LogP) is 6.01. The summed E-state index contributed by atoms with van der Waals surface area (Å²) in [7, 11) is -4.37.